The van der Waals surface area contributed by atoms with Crippen LogP contribution in [-0.4, -0.2) is 84.6 Å². The summed E-state index contributed by atoms with van der Waals surface area (Å²) in [6.45, 7) is 14.1. The number of esters is 1. The highest BCUT2D eigenvalue weighted by Crippen LogP contribution is 2.27. The second-order valence-electron chi connectivity index (χ2n) is 12.2. The molecule has 0 spiro atoms. The number of ketones is 1. The van der Waals surface area contributed by atoms with E-state index in [1.807, 2.05) is 6.92 Å². The highest BCUT2D eigenvalue weighted by molar-refractivity contribution is 5.87. The molecule has 0 radical (unpaired) electrons. The largest absolute Gasteiger partial charge is 0.459 e. The lowest BCUT2D eigenvalue weighted by molar-refractivity contribution is -0.146. The van der Waals surface area contributed by atoms with Gasteiger partial charge in [0.05, 0.1) is 36.1 Å². The Morgan fingerprint density at radius 3 is 2.20 bits per heavy atom. The molecule has 1 rings (SSSR count). The summed E-state index contributed by atoms with van der Waals surface area (Å²) in [5.41, 5.74) is 0.160. The maximum absolute atomic E-state index is 12.6. The zero-order valence-electron chi connectivity index (χ0n) is 25.5. The first-order chi connectivity index (χ1) is 18.9. The molecule has 1 aliphatic heterocycles. The minimum atomic E-state index is -1.75. The zero-order chi connectivity index (χ0) is 31.5. The summed E-state index contributed by atoms with van der Waals surface area (Å²) in [5, 5.41) is 63.2. The third-order valence-electron chi connectivity index (χ3n) is 7.63. The zero-order valence-corrected chi connectivity index (χ0v) is 25.5. The third kappa shape index (κ3) is 13.6. The highest BCUT2D eigenvalue weighted by Gasteiger charge is 2.33. The maximum atomic E-state index is 12.6. The average Bonchev–Trinajstić information content (AvgIpc) is 2.84. The van der Waals surface area contributed by atoms with Crippen LogP contribution < -0.4 is 0 Å². The molecule has 2 unspecified atom stereocenters. The normalized spacial score (nSPS) is 40.5. The minimum absolute atomic E-state index is 0.0457. The van der Waals surface area contributed by atoms with Crippen molar-refractivity contribution in [3.8, 4) is 0 Å². The third-order valence-corrected chi connectivity index (χ3v) is 7.63. The van der Waals surface area contributed by atoms with Gasteiger partial charge in [-0.15, -0.1) is 0 Å². The Kier molecular flexibility index (Phi) is 15.4. The van der Waals surface area contributed by atoms with Crippen LogP contribution in [0.5, 0.6) is 0 Å². The summed E-state index contributed by atoms with van der Waals surface area (Å²) in [5.74, 6) is -1.86. The molecule has 9 atom stereocenters. The number of carbonyl (C=O) groups excluding carboxylic acids is 2. The van der Waals surface area contributed by atoms with Crippen molar-refractivity contribution in [3.05, 3.63) is 47.6 Å². The van der Waals surface area contributed by atoms with Crippen molar-refractivity contribution in [2.75, 3.05) is 0 Å². The smallest absolute Gasteiger partial charge is 0.333 e. The topological polar surface area (TPSA) is 165 Å². The first-order valence-electron chi connectivity index (χ1n) is 14.5. The van der Waals surface area contributed by atoms with E-state index in [0.717, 1.165) is 5.57 Å². The Morgan fingerprint density at radius 2 is 1.56 bits per heavy atom. The molecule has 1 aliphatic rings. The van der Waals surface area contributed by atoms with Crippen molar-refractivity contribution in [2.45, 2.75) is 129 Å². The second kappa shape index (κ2) is 17.1. The van der Waals surface area contributed by atoms with Gasteiger partial charge in [-0.2, -0.15) is 0 Å². The number of hydrogen-bond donors (Lipinski definition) is 6. The summed E-state index contributed by atoms with van der Waals surface area (Å²) in [6.07, 6.45) is 1.15. The van der Waals surface area contributed by atoms with Gasteiger partial charge in [0.1, 0.15) is 6.10 Å². The number of aliphatic hydroxyl groups excluding tert-OH is 5. The Balaban J connectivity index is 3.12. The van der Waals surface area contributed by atoms with E-state index in [1.54, 1.807) is 45.9 Å². The Bertz CT molecular complexity index is 964. The van der Waals surface area contributed by atoms with E-state index in [2.05, 4.69) is 6.58 Å². The molecule has 0 aromatic rings. The number of carbonyl (C=O) groups is 2. The molecule has 0 aromatic heterocycles. The molecule has 6 N–H and O–H groups in total. The lowest BCUT2D eigenvalue weighted by atomic mass is 9.85. The van der Waals surface area contributed by atoms with Gasteiger partial charge in [-0.05, 0) is 77.2 Å². The quantitative estimate of drug-likeness (QED) is 0.187. The lowest BCUT2D eigenvalue weighted by Crippen LogP contribution is -2.41. The molecule has 1 heterocycles. The number of ether oxygens (including phenoxy) is 1. The van der Waals surface area contributed by atoms with Crippen molar-refractivity contribution in [3.63, 3.8) is 0 Å². The molecule has 9 heteroatoms. The van der Waals surface area contributed by atoms with E-state index in [9.17, 15) is 40.2 Å². The summed E-state index contributed by atoms with van der Waals surface area (Å²) in [7, 11) is 0. The van der Waals surface area contributed by atoms with Gasteiger partial charge in [-0.3, -0.25) is 4.79 Å². The van der Waals surface area contributed by atoms with Crippen LogP contribution in [-0.2, 0) is 14.3 Å². The molecule has 41 heavy (non-hydrogen) atoms. The summed E-state index contributed by atoms with van der Waals surface area (Å²) in [6, 6.07) is 0. The van der Waals surface area contributed by atoms with Gasteiger partial charge < -0.3 is 35.4 Å². The number of allylic oxidation sites excluding steroid dienone is 3. The number of hydrogen-bond acceptors (Lipinski definition) is 9. The number of rotatable bonds is 0. The van der Waals surface area contributed by atoms with Crippen LogP contribution in [0.1, 0.15) is 86.5 Å². The van der Waals surface area contributed by atoms with Crippen molar-refractivity contribution < 1.29 is 45.0 Å². The van der Waals surface area contributed by atoms with E-state index < -0.39 is 66.3 Å². The predicted octanol–water partition coefficient (Wildman–Crippen LogP) is 3.06. The fourth-order valence-electron chi connectivity index (χ4n) is 4.98. The average molecular weight is 581 g/mol. The molecule has 0 amide bonds. The van der Waals surface area contributed by atoms with Gasteiger partial charge >= 0.3 is 5.97 Å². The fraction of sp³-hybridized carbons (Fsp3) is 0.688. The van der Waals surface area contributed by atoms with Crippen LogP contribution in [0.25, 0.3) is 0 Å². The van der Waals surface area contributed by atoms with Gasteiger partial charge in [-0.25, -0.2) is 4.79 Å². The van der Waals surface area contributed by atoms with Crippen molar-refractivity contribution in [2.24, 2.45) is 11.8 Å². The van der Waals surface area contributed by atoms with Crippen molar-refractivity contribution in [1.29, 1.82) is 0 Å². The summed E-state index contributed by atoms with van der Waals surface area (Å²) in [4.78, 5) is 25.1. The standard InChI is InChI=1S/C32H52O9/c1-19-13-20(2)15-26(34)12-11-25(33)10-8-9-21(3)31(39)41-24(6)16-22(4)29(37)30(38)28(36)17-27(35)18-32(7,40)23(5)14-19/h9,11-12,14,20,22,24-27,29-30,33-35,37-38,40H,1,8,10,13,15-18H2,2-7H3/b12-11+,21-9+,23-14+/t20-,22-,24+,25?,26?,27-,29+,30+,32-/m1/s1. The van der Waals surface area contributed by atoms with Crippen LogP contribution in [0.4, 0.5) is 0 Å². The van der Waals surface area contributed by atoms with Crippen LogP contribution in [0.3, 0.4) is 0 Å². The molecule has 0 fully saturated rings. The fourth-order valence-corrected chi connectivity index (χ4v) is 4.98. The molecule has 234 valence electrons. The van der Waals surface area contributed by atoms with Gasteiger partial charge in [-0.1, -0.05) is 50.3 Å². The van der Waals surface area contributed by atoms with Crippen LogP contribution in [0.15, 0.2) is 47.6 Å². The number of Topliss-reactive ketones (excluding diaryl/α,β-unsaturated/α-hetero) is 1. The van der Waals surface area contributed by atoms with E-state index in [-0.39, 0.29) is 18.8 Å². The van der Waals surface area contributed by atoms with Gasteiger partial charge in [0.25, 0.3) is 0 Å². The van der Waals surface area contributed by atoms with Gasteiger partial charge in [0, 0.05) is 18.4 Å². The molecule has 0 saturated heterocycles. The molecule has 0 aliphatic carbocycles. The Labute approximate surface area is 244 Å². The van der Waals surface area contributed by atoms with Crippen molar-refractivity contribution >= 4 is 11.8 Å². The highest BCUT2D eigenvalue weighted by atomic mass is 16.5. The molecule has 0 bridgehead atoms. The molecule has 0 saturated carbocycles. The molecular weight excluding hydrogens is 528 g/mol. The van der Waals surface area contributed by atoms with Crippen LogP contribution in [0.2, 0.25) is 0 Å². The van der Waals surface area contributed by atoms with Gasteiger partial charge in [0.15, 0.2) is 5.78 Å². The SMILES string of the molecule is C=C1/C=C(\C)[C@](C)(O)C[C@H](O)CC(=O)[C@H](O)[C@@H](O)[C@H](C)C[C@H](C)OC(=O)/C(C)=C/CCC(O)/C=C/C(O)C[C@H](C)C1. The minimum Gasteiger partial charge on any atom is -0.459 e. The van der Waals surface area contributed by atoms with Crippen LogP contribution >= 0.6 is 0 Å². The first-order valence-corrected chi connectivity index (χ1v) is 14.5. The Hall–Kier alpha value is -2.14. The molecular formula is C32H52O9. The van der Waals surface area contributed by atoms with Crippen LogP contribution in [0, 0.1) is 11.8 Å². The van der Waals surface area contributed by atoms with E-state index in [0.29, 0.717) is 36.8 Å². The van der Waals surface area contributed by atoms with E-state index >= 15 is 0 Å². The first kappa shape index (κ1) is 36.9. The summed E-state index contributed by atoms with van der Waals surface area (Å²) >= 11 is 0. The second-order valence-corrected chi connectivity index (χ2v) is 12.2. The summed E-state index contributed by atoms with van der Waals surface area (Å²) < 4.78 is 5.44. The van der Waals surface area contributed by atoms with Crippen molar-refractivity contribution in [1.82, 2.24) is 0 Å². The van der Waals surface area contributed by atoms with E-state index in [4.69, 9.17) is 4.74 Å². The predicted molar refractivity (Wildman–Crippen MR) is 158 cm³/mol. The monoisotopic (exact) mass is 580 g/mol. The number of cyclic esters (lactones) is 1. The maximum Gasteiger partial charge on any atom is 0.333 e. The Morgan fingerprint density at radius 1 is 0.951 bits per heavy atom. The molecule has 0 aromatic carbocycles. The van der Waals surface area contributed by atoms with Gasteiger partial charge in [0.2, 0.25) is 0 Å². The molecule has 9 nitrogen and oxygen atoms in total. The lowest BCUT2D eigenvalue weighted by Gasteiger charge is -2.29. The van der Waals surface area contributed by atoms with E-state index in [1.165, 1.54) is 13.0 Å². The number of aliphatic hydroxyl groups is 6.